The zero-order valence-electron chi connectivity index (χ0n) is 14.7. The number of rotatable bonds is 5. The third kappa shape index (κ3) is 3.57. The Morgan fingerprint density at radius 1 is 1.16 bits per heavy atom. The number of nitrogens with zero attached hydrogens (tertiary/aromatic N) is 4. The highest BCUT2D eigenvalue weighted by Gasteiger charge is 2.11. The second-order valence-corrected chi connectivity index (χ2v) is 5.75. The van der Waals surface area contributed by atoms with E-state index in [-0.39, 0.29) is 11.6 Å². The smallest absolute Gasteiger partial charge is 0.275 e. The maximum absolute atomic E-state index is 12.2. The lowest BCUT2D eigenvalue weighted by Gasteiger charge is -2.21. The minimum absolute atomic E-state index is 0.280. The van der Waals surface area contributed by atoms with Crippen molar-refractivity contribution in [1.29, 1.82) is 0 Å². The molecule has 1 amide bonds. The van der Waals surface area contributed by atoms with E-state index in [1.807, 2.05) is 18.2 Å². The van der Waals surface area contributed by atoms with Crippen LogP contribution in [0.15, 0.2) is 42.9 Å². The summed E-state index contributed by atoms with van der Waals surface area (Å²) in [6, 6.07) is 7.82. The Labute approximate surface area is 146 Å². The Balaban J connectivity index is 1.91. The van der Waals surface area contributed by atoms with Crippen molar-refractivity contribution in [3.8, 4) is 0 Å². The maximum atomic E-state index is 12.2. The van der Waals surface area contributed by atoms with E-state index in [9.17, 15) is 4.79 Å². The van der Waals surface area contributed by atoms with E-state index in [2.05, 4.69) is 47.0 Å². The molecule has 0 aliphatic heterocycles. The Bertz CT molecular complexity index is 891. The van der Waals surface area contributed by atoms with Crippen LogP contribution in [0.1, 0.15) is 29.9 Å². The zero-order valence-corrected chi connectivity index (χ0v) is 14.7. The number of pyridine rings is 1. The molecule has 0 bridgehead atoms. The van der Waals surface area contributed by atoms with E-state index >= 15 is 0 Å². The van der Waals surface area contributed by atoms with Gasteiger partial charge in [-0.05, 0) is 50.6 Å². The molecule has 0 unspecified atom stereocenters. The van der Waals surface area contributed by atoms with Gasteiger partial charge in [0.2, 0.25) is 0 Å². The summed E-state index contributed by atoms with van der Waals surface area (Å²) in [7, 11) is 0. The number of aryl methyl sites for hydroxylation is 1. The summed E-state index contributed by atoms with van der Waals surface area (Å²) in [5.41, 5.74) is 3.04. The van der Waals surface area contributed by atoms with E-state index in [0.29, 0.717) is 5.69 Å². The van der Waals surface area contributed by atoms with Crippen LogP contribution in [0.25, 0.3) is 10.9 Å². The fourth-order valence-corrected chi connectivity index (χ4v) is 2.78. The summed E-state index contributed by atoms with van der Waals surface area (Å²) < 4.78 is 0. The van der Waals surface area contributed by atoms with Gasteiger partial charge in [-0.25, -0.2) is 9.97 Å². The molecule has 0 saturated carbocycles. The second kappa shape index (κ2) is 7.25. The van der Waals surface area contributed by atoms with Gasteiger partial charge in [0.15, 0.2) is 0 Å². The van der Waals surface area contributed by atoms with Gasteiger partial charge in [-0.3, -0.25) is 9.78 Å². The fraction of sp³-hybridized carbons (Fsp3) is 0.263. The Kier molecular flexibility index (Phi) is 4.88. The Hall–Kier alpha value is -3.02. The third-order valence-electron chi connectivity index (χ3n) is 4.14. The van der Waals surface area contributed by atoms with Gasteiger partial charge < -0.3 is 10.2 Å². The summed E-state index contributed by atoms with van der Waals surface area (Å²) in [5.74, 6) is 0.698. The van der Waals surface area contributed by atoms with Crippen LogP contribution in [0, 0.1) is 6.92 Å². The molecular weight excluding hydrogens is 314 g/mol. The number of carbonyl (C=O) groups excluding carboxylic acids is 1. The Morgan fingerprint density at radius 3 is 2.64 bits per heavy atom. The van der Waals surface area contributed by atoms with E-state index in [4.69, 9.17) is 4.98 Å². The average molecular weight is 335 g/mol. The number of anilines is 2. The Morgan fingerprint density at radius 2 is 1.96 bits per heavy atom. The van der Waals surface area contributed by atoms with Gasteiger partial charge >= 0.3 is 0 Å². The quantitative estimate of drug-likeness (QED) is 0.773. The minimum Gasteiger partial charge on any atom is -0.357 e. The molecule has 0 aliphatic rings. The number of amides is 1. The number of hydrogen-bond acceptors (Lipinski definition) is 5. The van der Waals surface area contributed by atoms with Gasteiger partial charge in [0.1, 0.15) is 11.5 Å². The van der Waals surface area contributed by atoms with E-state index in [0.717, 1.165) is 35.4 Å². The lowest BCUT2D eigenvalue weighted by molar-refractivity contribution is 0.102. The van der Waals surface area contributed by atoms with Gasteiger partial charge in [-0.2, -0.15) is 0 Å². The first kappa shape index (κ1) is 16.8. The highest BCUT2D eigenvalue weighted by molar-refractivity contribution is 6.03. The van der Waals surface area contributed by atoms with Crippen LogP contribution in [-0.4, -0.2) is 33.9 Å². The molecule has 2 heterocycles. The van der Waals surface area contributed by atoms with Crippen LogP contribution in [0.2, 0.25) is 0 Å². The van der Waals surface area contributed by atoms with Crippen molar-refractivity contribution in [2.75, 3.05) is 23.3 Å². The highest BCUT2D eigenvalue weighted by atomic mass is 16.1. The molecule has 1 aromatic carbocycles. The van der Waals surface area contributed by atoms with Crippen molar-refractivity contribution in [2.45, 2.75) is 20.8 Å². The molecule has 1 N–H and O–H groups in total. The average Bonchev–Trinajstić information content (AvgIpc) is 2.64. The number of hydrogen-bond donors (Lipinski definition) is 1. The highest BCUT2D eigenvalue weighted by Crippen LogP contribution is 2.25. The van der Waals surface area contributed by atoms with Gasteiger partial charge in [-0.1, -0.05) is 0 Å². The summed E-state index contributed by atoms with van der Waals surface area (Å²) in [6.45, 7) is 8.14. The van der Waals surface area contributed by atoms with Crippen LogP contribution < -0.4 is 10.2 Å². The monoisotopic (exact) mass is 335 g/mol. The van der Waals surface area contributed by atoms with Crippen LogP contribution in [0.4, 0.5) is 11.5 Å². The molecule has 2 aromatic heterocycles. The van der Waals surface area contributed by atoms with Crippen molar-refractivity contribution in [1.82, 2.24) is 15.0 Å². The molecule has 0 aliphatic carbocycles. The number of fused-ring (bicyclic) bond motifs is 1. The largest absolute Gasteiger partial charge is 0.357 e. The SMILES string of the molecule is CCN(CC)c1cc(C)c2cc(NC(=O)c3cnccn3)ccc2n1. The topological polar surface area (TPSA) is 71.0 Å². The summed E-state index contributed by atoms with van der Waals surface area (Å²) in [4.78, 5) is 27.1. The first-order valence-corrected chi connectivity index (χ1v) is 8.36. The van der Waals surface area contributed by atoms with Crippen molar-refractivity contribution in [3.63, 3.8) is 0 Å². The summed E-state index contributed by atoms with van der Waals surface area (Å²) in [6.07, 6.45) is 4.48. The van der Waals surface area contributed by atoms with Gasteiger partial charge in [0.25, 0.3) is 5.91 Å². The van der Waals surface area contributed by atoms with E-state index in [1.165, 1.54) is 18.6 Å². The third-order valence-corrected chi connectivity index (χ3v) is 4.14. The predicted molar refractivity (Wildman–Crippen MR) is 100 cm³/mol. The lowest BCUT2D eigenvalue weighted by Crippen LogP contribution is -2.23. The molecular formula is C19H21N5O. The summed E-state index contributed by atoms with van der Waals surface area (Å²) in [5, 5.41) is 3.88. The first-order chi connectivity index (χ1) is 12.1. The molecule has 0 atom stereocenters. The van der Waals surface area contributed by atoms with Crippen LogP contribution in [-0.2, 0) is 0 Å². The molecule has 6 nitrogen and oxygen atoms in total. The fourth-order valence-electron chi connectivity index (χ4n) is 2.78. The maximum Gasteiger partial charge on any atom is 0.275 e. The number of nitrogens with one attached hydrogen (secondary N) is 1. The van der Waals surface area contributed by atoms with Crippen molar-refractivity contribution in [2.24, 2.45) is 0 Å². The molecule has 3 aromatic rings. The molecule has 128 valence electrons. The molecule has 0 spiro atoms. The molecule has 6 heteroatoms. The number of carbonyl (C=O) groups is 1. The van der Waals surface area contributed by atoms with Gasteiger partial charge in [-0.15, -0.1) is 0 Å². The number of benzene rings is 1. The van der Waals surface area contributed by atoms with Crippen LogP contribution in [0.5, 0.6) is 0 Å². The van der Waals surface area contributed by atoms with Crippen molar-refractivity contribution >= 4 is 28.3 Å². The molecule has 0 saturated heterocycles. The number of aromatic nitrogens is 3. The molecule has 25 heavy (non-hydrogen) atoms. The lowest BCUT2D eigenvalue weighted by atomic mass is 10.1. The molecule has 0 radical (unpaired) electrons. The molecule has 0 fully saturated rings. The van der Waals surface area contributed by atoms with Crippen LogP contribution >= 0.6 is 0 Å². The second-order valence-electron chi connectivity index (χ2n) is 5.75. The minimum atomic E-state index is -0.280. The normalized spacial score (nSPS) is 10.7. The van der Waals surface area contributed by atoms with Gasteiger partial charge in [0.05, 0.1) is 11.7 Å². The predicted octanol–water partition coefficient (Wildman–Crippen LogP) is 3.43. The standard InChI is InChI=1S/C19H21N5O/c1-4-24(5-2)18-10-13(3)15-11-14(6-7-16(15)23-18)22-19(25)17-12-20-8-9-21-17/h6-12H,4-5H2,1-3H3,(H,22,25). The van der Waals surface area contributed by atoms with Gasteiger partial charge in [0, 0.05) is 36.6 Å². The zero-order chi connectivity index (χ0) is 17.8. The van der Waals surface area contributed by atoms with Crippen molar-refractivity contribution in [3.05, 3.63) is 54.1 Å². The van der Waals surface area contributed by atoms with Crippen LogP contribution in [0.3, 0.4) is 0 Å². The first-order valence-electron chi connectivity index (χ1n) is 8.36. The summed E-state index contributed by atoms with van der Waals surface area (Å²) >= 11 is 0. The van der Waals surface area contributed by atoms with Crippen molar-refractivity contribution < 1.29 is 4.79 Å². The van der Waals surface area contributed by atoms with E-state index in [1.54, 1.807) is 0 Å². The molecule has 3 rings (SSSR count). The van der Waals surface area contributed by atoms with E-state index < -0.39 is 0 Å².